The van der Waals surface area contributed by atoms with Crippen LogP contribution in [-0.4, -0.2) is 25.2 Å². The minimum atomic E-state index is -0.482. The molecule has 0 heterocycles. The number of rotatable bonds is 4. The Morgan fingerprint density at radius 1 is 1.40 bits per heavy atom. The minimum Gasteiger partial charge on any atom is -0.468 e. The van der Waals surface area contributed by atoms with Gasteiger partial charge in [-0.25, -0.2) is 0 Å². The number of carbonyl (C=O) groups is 1. The lowest BCUT2D eigenvalue weighted by Crippen LogP contribution is -2.56. The smallest absolute Gasteiger partial charge is 0.326 e. The van der Waals surface area contributed by atoms with Crippen LogP contribution in [0.2, 0.25) is 0 Å². The molecule has 88 valence electrons. The van der Waals surface area contributed by atoms with Crippen LogP contribution in [0.1, 0.15) is 46.0 Å². The summed E-state index contributed by atoms with van der Waals surface area (Å²) >= 11 is 0. The van der Waals surface area contributed by atoms with Gasteiger partial charge in [0, 0.05) is 0 Å². The quantitative estimate of drug-likeness (QED) is 0.727. The Bertz CT molecular complexity index is 212. The van der Waals surface area contributed by atoms with Crippen molar-refractivity contribution in [1.29, 1.82) is 0 Å². The van der Waals surface area contributed by atoms with Crippen LogP contribution in [0.25, 0.3) is 0 Å². The normalized spacial score (nSPS) is 22.1. The number of esters is 1. The van der Waals surface area contributed by atoms with E-state index in [0.29, 0.717) is 5.92 Å². The topological polar surface area (TPSA) is 38.3 Å². The van der Waals surface area contributed by atoms with Gasteiger partial charge in [-0.3, -0.25) is 4.79 Å². The Hall–Kier alpha value is -0.570. The van der Waals surface area contributed by atoms with E-state index in [4.69, 9.17) is 4.74 Å². The molecule has 1 aliphatic carbocycles. The van der Waals surface area contributed by atoms with Crippen LogP contribution in [0.4, 0.5) is 0 Å². The van der Waals surface area contributed by atoms with Crippen LogP contribution in [0.5, 0.6) is 0 Å². The molecule has 1 rings (SSSR count). The molecule has 0 aromatic heterocycles. The highest BCUT2D eigenvalue weighted by atomic mass is 16.5. The van der Waals surface area contributed by atoms with Gasteiger partial charge in [0.05, 0.1) is 7.11 Å². The molecule has 0 saturated heterocycles. The Balaban J connectivity index is 2.73. The van der Waals surface area contributed by atoms with Crippen molar-refractivity contribution in [1.82, 2.24) is 5.32 Å². The van der Waals surface area contributed by atoms with Gasteiger partial charge in [0.25, 0.3) is 0 Å². The van der Waals surface area contributed by atoms with Crippen molar-refractivity contribution in [3.8, 4) is 0 Å². The van der Waals surface area contributed by atoms with Gasteiger partial charge in [-0.15, -0.1) is 0 Å². The highest BCUT2D eigenvalue weighted by Crippen LogP contribution is 2.33. The SMILES string of the molecule is CCNC(C)(C(=O)OC)C1CCCCC1. The molecule has 1 N–H and O–H groups in total. The first-order chi connectivity index (χ1) is 7.15. The van der Waals surface area contributed by atoms with E-state index < -0.39 is 5.54 Å². The monoisotopic (exact) mass is 213 g/mol. The lowest BCUT2D eigenvalue weighted by molar-refractivity contribution is -0.151. The average Bonchev–Trinajstić information content (AvgIpc) is 2.29. The fourth-order valence-electron chi connectivity index (χ4n) is 2.64. The molecule has 1 fully saturated rings. The van der Waals surface area contributed by atoms with Crippen LogP contribution in [0.15, 0.2) is 0 Å². The van der Waals surface area contributed by atoms with Crippen molar-refractivity contribution in [3.05, 3.63) is 0 Å². The molecule has 0 spiro atoms. The number of likely N-dealkylation sites (N-methyl/N-ethyl adjacent to an activating group) is 1. The van der Waals surface area contributed by atoms with Crippen molar-refractivity contribution in [3.63, 3.8) is 0 Å². The summed E-state index contributed by atoms with van der Waals surface area (Å²) in [5.74, 6) is 0.315. The van der Waals surface area contributed by atoms with E-state index in [1.807, 2.05) is 13.8 Å². The van der Waals surface area contributed by atoms with Gasteiger partial charge in [0.15, 0.2) is 0 Å². The van der Waals surface area contributed by atoms with E-state index in [0.717, 1.165) is 19.4 Å². The second-order valence-electron chi connectivity index (χ2n) is 4.56. The summed E-state index contributed by atoms with van der Waals surface area (Å²) < 4.78 is 4.92. The van der Waals surface area contributed by atoms with Crippen LogP contribution in [0.3, 0.4) is 0 Å². The Kier molecular flexibility index (Phi) is 4.58. The summed E-state index contributed by atoms with van der Waals surface area (Å²) in [6.07, 6.45) is 6.06. The summed E-state index contributed by atoms with van der Waals surface area (Å²) in [6, 6.07) is 0. The number of hydrogen-bond donors (Lipinski definition) is 1. The lowest BCUT2D eigenvalue weighted by atomic mass is 9.75. The molecule has 0 bridgehead atoms. The van der Waals surface area contributed by atoms with E-state index >= 15 is 0 Å². The third kappa shape index (κ3) is 2.71. The van der Waals surface area contributed by atoms with Crippen molar-refractivity contribution in [2.45, 2.75) is 51.5 Å². The number of nitrogens with one attached hydrogen (secondary N) is 1. The predicted molar refractivity (Wildman–Crippen MR) is 60.7 cm³/mol. The molecule has 0 amide bonds. The summed E-state index contributed by atoms with van der Waals surface area (Å²) in [6.45, 7) is 4.82. The molecule has 1 unspecified atom stereocenters. The zero-order valence-electron chi connectivity index (χ0n) is 10.1. The first-order valence-electron chi connectivity index (χ1n) is 5.98. The first-order valence-corrected chi connectivity index (χ1v) is 5.98. The van der Waals surface area contributed by atoms with Gasteiger partial charge in [-0.05, 0) is 32.2 Å². The molecule has 1 atom stereocenters. The van der Waals surface area contributed by atoms with Gasteiger partial charge < -0.3 is 10.1 Å². The maximum absolute atomic E-state index is 11.8. The lowest BCUT2D eigenvalue weighted by Gasteiger charge is -2.38. The highest BCUT2D eigenvalue weighted by molar-refractivity contribution is 5.80. The molecule has 1 aliphatic rings. The molecular weight excluding hydrogens is 190 g/mol. The molecule has 15 heavy (non-hydrogen) atoms. The fourth-order valence-corrected chi connectivity index (χ4v) is 2.64. The molecular formula is C12H23NO2. The van der Waals surface area contributed by atoms with E-state index in [1.165, 1.54) is 26.4 Å². The average molecular weight is 213 g/mol. The maximum atomic E-state index is 11.8. The summed E-state index contributed by atoms with van der Waals surface area (Å²) in [5, 5.41) is 3.30. The standard InChI is InChI=1S/C12H23NO2/c1-4-13-12(2,11(14)15-3)10-8-6-5-7-9-10/h10,13H,4-9H2,1-3H3. The second kappa shape index (κ2) is 5.50. The molecule has 0 aromatic carbocycles. The van der Waals surface area contributed by atoms with Crippen LogP contribution in [0, 0.1) is 5.92 Å². The number of hydrogen-bond acceptors (Lipinski definition) is 3. The van der Waals surface area contributed by atoms with Crippen LogP contribution < -0.4 is 5.32 Å². The summed E-state index contributed by atoms with van der Waals surface area (Å²) in [7, 11) is 1.47. The number of methoxy groups -OCH3 is 1. The van der Waals surface area contributed by atoms with Crippen molar-refractivity contribution < 1.29 is 9.53 Å². The van der Waals surface area contributed by atoms with Gasteiger partial charge in [0.1, 0.15) is 5.54 Å². The van der Waals surface area contributed by atoms with Crippen molar-refractivity contribution in [2.75, 3.05) is 13.7 Å². The van der Waals surface area contributed by atoms with E-state index in [1.54, 1.807) is 0 Å². The molecule has 1 saturated carbocycles. The third-order valence-corrected chi connectivity index (χ3v) is 3.58. The zero-order chi connectivity index (χ0) is 11.3. The van der Waals surface area contributed by atoms with Crippen LogP contribution in [-0.2, 0) is 9.53 Å². The molecule has 3 heteroatoms. The first kappa shape index (κ1) is 12.5. The van der Waals surface area contributed by atoms with Gasteiger partial charge in [-0.1, -0.05) is 26.2 Å². The second-order valence-corrected chi connectivity index (χ2v) is 4.56. The van der Waals surface area contributed by atoms with E-state index in [2.05, 4.69) is 5.32 Å². The van der Waals surface area contributed by atoms with Crippen LogP contribution >= 0.6 is 0 Å². The zero-order valence-corrected chi connectivity index (χ0v) is 10.1. The minimum absolute atomic E-state index is 0.115. The summed E-state index contributed by atoms with van der Waals surface area (Å²) in [4.78, 5) is 11.8. The Labute approximate surface area is 92.6 Å². The predicted octanol–water partition coefficient (Wildman–Crippen LogP) is 2.11. The number of carbonyl (C=O) groups excluding carboxylic acids is 1. The molecule has 0 radical (unpaired) electrons. The highest BCUT2D eigenvalue weighted by Gasteiger charge is 2.41. The Morgan fingerprint density at radius 2 is 2.00 bits per heavy atom. The van der Waals surface area contributed by atoms with E-state index in [-0.39, 0.29) is 5.97 Å². The molecule has 0 aliphatic heterocycles. The maximum Gasteiger partial charge on any atom is 0.326 e. The van der Waals surface area contributed by atoms with Gasteiger partial charge in [0.2, 0.25) is 0 Å². The van der Waals surface area contributed by atoms with Crippen molar-refractivity contribution >= 4 is 5.97 Å². The molecule has 0 aromatic rings. The third-order valence-electron chi connectivity index (χ3n) is 3.58. The largest absolute Gasteiger partial charge is 0.468 e. The summed E-state index contributed by atoms with van der Waals surface area (Å²) in [5.41, 5.74) is -0.482. The van der Waals surface area contributed by atoms with Gasteiger partial charge >= 0.3 is 5.97 Å². The number of ether oxygens (including phenoxy) is 1. The Morgan fingerprint density at radius 3 is 2.47 bits per heavy atom. The van der Waals surface area contributed by atoms with Gasteiger partial charge in [-0.2, -0.15) is 0 Å². The fraction of sp³-hybridized carbons (Fsp3) is 0.917. The van der Waals surface area contributed by atoms with E-state index in [9.17, 15) is 4.79 Å². The molecule has 3 nitrogen and oxygen atoms in total. The van der Waals surface area contributed by atoms with Crippen molar-refractivity contribution in [2.24, 2.45) is 5.92 Å².